The lowest BCUT2D eigenvalue weighted by molar-refractivity contribution is 0.0700. The van der Waals surface area contributed by atoms with Gasteiger partial charge in [0.05, 0.1) is 5.69 Å². The fraction of sp³-hybridized carbons (Fsp3) is 0.600. The SMILES string of the molecule is CCCc1nc(CNCC)sc1C(=O)O. The predicted octanol–water partition coefficient (Wildman–Crippen LogP) is 1.90. The summed E-state index contributed by atoms with van der Waals surface area (Å²) in [6.45, 7) is 5.56. The van der Waals surface area contributed by atoms with E-state index >= 15 is 0 Å². The molecule has 0 aliphatic rings. The van der Waals surface area contributed by atoms with Crippen LogP contribution in [0.1, 0.15) is 40.6 Å². The first-order chi connectivity index (χ1) is 7.19. The molecule has 2 N–H and O–H groups in total. The van der Waals surface area contributed by atoms with Gasteiger partial charge in [0, 0.05) is 6.54 Å². The van der Waals surface area contributed by atoms with Crippen LogP contribution >= 0.6 is 11.3 Å². The molecule has 15 heavy (non-hydrogen) atoms. The van der Waals surface area contributed by atoms with Crippen molar-refractivity contribution in [2.24, 2.45) is 0 Å². The number of carbonyl (C=O) groups is 1. The average molecular weight is 228 g/mol. The second kappa shape index (κ2) is 5.82. The minimum Gasteiger partial charge on any atom is -0.477 e. The molecular formula is C10H16N2O2S. The van der Waals surface area contributed by atoms with Crippen LogP contribution in [0, 0.1) is 0 Å². The first-order valence-electron chi connectivity index (χ1n) is 5.11. The van der Waals surface area contributed by atoms with Crippen LogP contribution < -0.4 is 5.32 Å². The molecule has 0 bridgehead atoms. The van der Waals surface area contributed by atoms with E-state index in [2.05, 4.69) is 10.3 Å². The highest BCUT2D eigenvalue weighted by Crippen LogP contribution is 2.19. The Morgan fingerprint density at radius 2 is 2.27 bits per heavy atom. The van der Waals surface area contributed by atoms with Crippen LogP contribution in [0.5, 0.6) is 0 Å². The third-order valence-electron chi connectivity index (χ3n) is 1.95. The topological polar surface area (TPSA) is 62.2 Å². The van der Waals surface area contributed by atoms with Crippen LogP contribution in [0.15, 0.2) is 0 Å². The zero-order chi connectivity index (χ0) is 11.3. The van der Waals surface area contributed by atoms with Crippen molar-refractivity contribution in [2.75, 3.05) is 6.54 Å². The summed E-state index contributed by atoms with van der Waals surface area (Å²) in [4.78, 5) is 15.7. The van der Waals surface area contributed by atoms with Crippen molar-refractivity contribution in [1.29, 1.82) is 0 Å². The van der Waals surface area contributed by atoms with E-state index in [0.29, 0.717) is 11.4 Å². The number of hydrogen-bond acceptors (Lipinski definition) is 4. The summed E-state index contributed by atoms with van der Waals surface area (Å²) in [5, 5.41) is 13.0. The molecule has 4 nitrogen and oxygen atoms in total. The number of aryl methyl sites for hydroxylation is 1. The standard InChI is InChI=1S/C10H16N2O2S/c1-3-5-7-9(10(13)14)15-8(12-7)6-11-4-2/h11H,3-6H2,1-2H3,(H,13,14). The maximum atomic E-state index is 10.9. The second-order valence-electron chi connectivity index (χ2n) is 3.22. The minimum absolute atomic E-state index is 0.393. The van der Waals surface area contributed by atoms with E-state index in [-0.39, 0.29) is 0 Å². The van der Waals surface area contributed by atoms with Crippen molar-refractivity contribution in [3.8, 4) is 0 Å². The minimum atomic E-state index is -0.862. The molecule has 0 saturated heterocycles. The summed E-state index contributed by atoms with van der Waals surface area (Å²) >= 11 is 1.27. The quantitative estimate of drug-likeness (QED) is 0.780. The number of carboxylic acid groups (broad SMARTS) is 1. The zero-order valence-electron chi connectivity index (χ0n) is 9.04. The lowest BCUT2D eigenvalue weighted by Crippen LogP contribution is -2.11. The molecule has 0 spiro atoms. The van der Waals surface area contributed by atoms with Gasteiger partial charge < -0.3 is 10.4 Å². The lowest BCUT2D eigenvalue weighted by Gasteiger charge is -1.95. The number of nitrogens with one attached hydrogen (secondary N) is 1. The van der Waals surface area contributed by atoms with Gasteiger partial charge in [-0.25, -0.2) is 9.78 Å². The third-order valence-corrected chi connectivity index (χ3v) is 3.03. The molecule has 0 radical (unpaired) electrons. The normalized spacial score (nSPS) is 10.5. The van der Waals surface area contributed by atoms with Crippen LogP contribution in [0.25, 0.3) is 0 Å². The Kier molecular flexibility index (Phi) is 4.71. The molecule has 0 amide bonds. The van der Waals surface area contributed by atoms with Gasteiger partial charge in [0.1, 0.15) is 9.88 Å². The third kappa shape index (κ3) is 3.28. The molecule has 0 atom stereocenters. The highest BCUT2D eigenvalue weighted by Gasteiger charge is 2.15. The van der Waals surface area contributed by atoms with E-state index < -0.39 is 5.97 Å². The maximum Gasteiger partial charge on any atom is 0.347 e. The second-order valence-corrected chi connectivity index (χ2v) is 4.30. The fourth-order valence-electron chi connectivity index (χ4n) is 1.28. The highest BCUT2D eigenvalue weighted by atomic mass is 32.1. The molecule has 1 heterocycles. The summed E-state index contributed by atoms with van der Waals surface area (Å²) in [6, 6.07) is 0. The van der Waals surface area contributed by atoms with E-state index in [1.807, 2.05) is 13.8 Å². The van der Waals surface area contributed by atoms with Crippen LogP contribution in [0.4, 0.5) is 0 Å². The molecule has 1 rings (SSSR count). The lowest BCUT2D eigenvalue weighted by atomic mass is 10.2. The summed E-state index contributed by atoms with van der Waals surface area (Å²) in [5.74, 6) is -0.862. The van der Waals surface area contributed by atoms with Gasteiger partial charge in [0.2, 0.25) is 0 Å². The first-order valence-corrected chi connectivity index (χ1v) is 5.93. The summed E-state index contributed by atoms with van der Waals surface area (Å²) in [6.07, 6.45) is 1.66. The first kappa shape index (κ1) is 12.1. The van der Waals surface area contributed by atoms with E-state index in [0.717, 1.165) is 30.1 Å². The van der Waals surface area contributed by atoms with Crippen molar-refractivity contribution in [3.63, 3.8) is 0 Å². The number of rotatable bonds is 6. The van der Waals surface area contributed by atoms with E-state index in [9.17, 15) is 4.79 Å². The predicted molar refractivity (Wildman–Crippen MR) is 60.4 cm³/mol. The molecule has 1 aromatic rings. The van der Waals surface area contributed by atoms with Crippen molar-refractivity contribution >= 4 is 17.3 Å². The number of carboxylic acids is 1. The Hall–Kier alpha value is -0.940. The van der Waals surface area contributed by atoms with Gasteiger partial charge in [0.15, 0.2) is 0 Å². The molecule has 0 fully saturated rings. The molecule has 0 aliphatic heterocycles. The molecule has 5 heteroatoms. The number of nitrogens with zero attached hydrogens (tertiary/aromatic N) is 1. The van der Waals surface area contributed by atoms with E-state index in [1.54, 1.807) is 0 Å². The Balaban J connectivity index is 2.83. The van der Waals surface area contributed by atoms with Crippen LogP contribution in [0.3, 0.4) is 0 Å². The molecular weight excluding hydrogens is 212 g/mol. The molecule has 0 aliphatic carbocycles. The van der Waals surface area contributed by atoms with E-state index in [1.165, 1.54) is 11.3 Å². The van der Waals surface area contributed by atoms with E-state index in [4.69, 9.17) is 5.11 Å². The summed E-state index contributed by atoms with van der Waals surface area (Å²) in [7, 11) is 0. The molecule has 0 aromatic carbocycles. The molecule has 1 aromatic heterocycles. The van der Waals surface area contributed by atoms with Gasteiger partial charge in [0.25, 0.3) is 0 Å². The largest absolute Gasteiger partial charge is 0.477 e. The van der Waals surface area contributed by atoms with Gasteiger partial charge >= 0.3 is 5.97 Å². The molecule has 0 unspecified atom stereocenters. The zero-order valence-corrected chi connectivity index (χ0v) is 9.86. The number of aromatic nitrogens is 1. The monoisotopic (exact) mass is 228 g/mol. The summed E-state index contributed by atoms with van der Waals surface area (Å²) in [5.41, 5.74) is 0.725. The number of aromatic carboxylic acids is 1. The van der Waals surface area contributed by atoms with Gasteiger partial charge in [-0.3, -0.25) is 0 Å². The van der Waals surface area contributed by atoms with Gasteiger partial charge in [-0.15, -0.1) is 11.3 Å². The van der Waals surface area contributed by atoms with Gasteiger partial charge in [-0.2, -0.15) is 0 Å². The molecule has 0 saturated carbocycles. The van der Waals surface area contributed by atoms with Crippen LogP contribution in [0.2, 0.25) is 0 Å². The van der Waals surface area contributed by atoms with Crippen molar-refractivity contribution in [1.82, 2.24) is 10.3 Å². The Morgan fingerprint density at radius 3 is 2.80 bits per heavy atom. The number of hydrogen-bond donors (Lipinski definition) is 2. The average Bonchev–Trinajstić information content (AvgIpc) is 2.59. The van der Waals surface area contributed by atoms with Crippen molar-refractivity contribution in [3.05, 3.63) is 15.6 Å². The highest BCUT2D eigenvalue weighted by molar-refractivity contribution is 7.13. The maximum absolute atomic E-state index is 10.9. The summed E-state index contributed by atoms with van der Waals surface area (Å²) < 4.78 is 0. The molecule has 84 valence electrons. The Bertz CT molecular complexity index is 336. The number of thiazole rings is 1. The van der Waals surface area contributed by atoms with Crippen molar-refractivity contribution < 1.29 is 9.90 Å². The van der Waals surface area contributed by atoms with Gasteiger partial charge in [-0.05, 0) is 13.0 Å². The van der Waals surface area contributed by atoms with Gasteiger partial charge in [-0.1, -0.05) is 20.3 Å². The fourth-order valence-corrected chi connectivity index (χ4v) is 2.20. The Labute approximate surface area is 93.4 Å². The van der Waals surface area contributed by atoms with Crippen LogP contribution in [-0.4, -0.2) is 22.6 Å². The Morgan fingerprint density at radius 1 is 1.53 bits per heavy atom. The van der Waals surface area contributed by atoms with Crippen LogP contribution in [-0.2, 0) is 13.0 Å². The van der Waals surface area contributed by atoms with Crippen molar-refractivity contribution in [2.45, 2.75) is 33.2 Å². The smallest absolute Gasteiger partial charge is 0.347 e.